The maximum atomic E-state index is 12.0. The Morgan fingerprint density at radius 1 is 1.53 bits per heavy atom. The molecule has 1 aromatic carbocycles. The van der Waals surface area contributed by atoms with Crippen molar-refractivity contribution in [2.75, 3.05) is 18.0 Å². The van der Waals surface area contributed by atoms with E-state index in [1.54, 1.807) is 4.90 Å². The average molecular weight is 262 g/mol. The molecule has 0 aromatic heterocycles. The van der Waals surface area contributed by atoms with E-state index in [4.69, 9.17) is 10.5 Å². The number of anilines is 1. The van der Waals surface area contributed by atoms with Gasteiger partial charge in [0, 0.05) is 24.7 Å². The fourth-order valence-corrected chi connectivity index (χ4v) is 2.23. The normalized spacial score (nSPS) is 20.7. The Morgan fingerprint density at radius 3 is 2.95 bits per heavy atom. The monoisotopic (exact) mass is 262 g/mol. The van der Waals surface area contributed by atoms with Gasteiger partial charge in [0.25, 0.3) is 0 Å². The summed E-state index contributed by atoms with van der Waals surface area (Å²) >= 11 is 0. The first-order valence-electron chi connectivity index (χ1n) is 6.91. The smallest absolute Gasteiger partial charge is 0.227 e. The number of carbonyl (C=O) groups excluding carboxylic acids is 1. The molecule has 0 radical (unpaired) electrons. The van der Waals surface area contributed by atoms with E-state index in [0.29, 0.717) is 19.5 Å². The second-order valence-electron chi connectivity index (χ2n) is 5.14. The second kappa shape index (κ2) is 6.06. The van der Waals surface area contributed by atoms with Crippen LogP contribution < -0.4 is 15.4 Å². The van der Waals surface area contributed by atoms with Crippen LogP contribution in [0.15, 0.2) is 24.3 Å². The molecule has 2 N–H and O–H groups in total. The predicted molar refractivity (Wildman–Crippen MR) is 76.3 cm³/mol. The molecule has 4 nitrogen and oxygen atoms in total. The van der Waals surface area contributed by atoms with Crippen molar-refractivity contribution in [2.45, 2.75) is 32.8 Å². The first-order chi connectivity index (χ1) is 9.13. The zero-order valence-corrected chi connectivity index (χ0v) is 11.6. The fraction of sp³-hybridized carbons (Fsp3) is 0.533. The molecule has 104 valence electrons. The van der Waals surface area contributed by atoms with Crippen LogP contribution in [0.25, 0.3) is 0 Å². The van der Waals surface area contributed by atoms with Crippen LogP contribution in [0.2, 0.25) is 0 Å². The van der Waals surface area contributed by atoms with Gasteiger partial charge in [-0.15, -0.1) is 0 Å². The van der Waals surface area contributed by atoms with Crippen LogP contribution in [0.1, 0.15) is 26.7 Å². The van der Waals surface area contributed by atoms with Crippen molar-refractivity contribution in [1.82, 2.24) is 0 Å². The zero-order valence-electron chi connectivity index (χ0n) is 11.6. The number of hydrogen-bond donors (Lipinski definition) is 1. The molecule has 2 unspecified atom stereocenters. The van der Waals surface area contributed by atoms with E-state index in [1.807, 2.05) is 31.2 Å². The molecular formula is C15H22N2O2. The minimum Gasteiger partial charge on any atom is -0.491 e. The third kappa shape index (κ3) is 3.26. The Kier molecular flexibility index (Phi) is 4.43. The predicted octanol–water partition coefficient (Wildman–Crippen LogP) is 2.18. The molecule has 4 heteroatoms. The van der Waals surface area contributed by atoms with Gasteiger partial charge < -0.3 is 15.4 Å². The molecule has 19 heavy (non-hydrogen) atoms. The fourth-order valence-electron chi connectivity index (χ4n) is 2.23. The Labute approximate surface area is 114 Å². The third-order valence-corrected chi connectivity index (χ3v) is 3.58. The van der Waals surface area contributed by atoms with Gasteiger partial charge in [-0.05, 0) is 37.9 Å². The Hall–Kier alpha value is -1.55. The number of hydrogen-bond acceptors (Lipinski definition) is 3. The van der Waals surface area contributed by atoms with Gasteiger partial charge in [-0.2, -0.15) is 0 Å². The Morgan fingerprint density at radius 2 is 2.32 bits per heavy atom. The average Bonchev–Trinajstić information content (AvgIpc) is 2.80. The Bertz CT molecular complexity index is 448. The van der Waals surface area contributed by atoms with Crippen LogP contribution in [0.4, 0.5) is 5.69 Å². The molecule has 1 amide bonds. The van der Waals surface area contributed by atoms with E-state index in [2.05, 4.69) is 6.92 Å². The van der Waals surface area contributed by atoms with Crippen LogP contribution in [0.3, 0.4) is 0 Å². The number of rotatable bonds is 5. The maximum Gasteiger partial charge on any atom is 0.227 e. The lowest BCUT2D eigenvalue weighted by molar-refractivity contribution is -0.117. The molecule has 1 aliphatic heterocycles. The summed E-state index contributed by atoms with van der Waals surface area (Å²) < 4.78 is 5.79. The van der Waals surface area contributed by atoms with E-state index in [0.717, 1.165) is 17.9 Å². The zero-order chi connectivity index (χ0) is 13.8. The molecule has 1 heterocycles. The summed E-state index contributed by atoms with van der Waals surface area (Å²) in [6.45, 7) is 5.40. The molecule has 2 rings (SSSR count). The molecule has 1 aliphatic rings. The van der Waals surface area contributed by atoms with E-state index in [9.17, 15) is 4.79 Å². The lowest BCUT2D eigenvalue weighted by Crippen LogP contribution is -2.25. The van der Waals surface area contributed by atoms with Gasteiger partial charge in [0.15, 0.2) is 0 Å². The molecule has 1 fully saturated rings. The van der Waals surface area contributed by atoms with E-state index < -0.39 is 0 Å². The SMILES string of the molecule is CCC(C)Oc1cccc(N2CC(CN)CC2=O)c1. The third-order valence-electron chi connectivity index (χ3n) is 3.58. The standard InChI is InChI=1S/C15H22N2O2/c1-3-11(2)19-14-6-4-5-13(8-14)17-10-12(9-16)7-15(17)18/h4-6,8,11-12H,3,7,9-10,16H2,1-2H3. The van der Waals surface area contributed by atoms with Crippen LogP contribution in [0.5, 0.6) is 5.75 Å². The van der Waals surface area contributed by atoms with Crippen molar-refractivity contribution in [1.29, 1.82) is 0 Å². The molecular weight excluding hydrogens is 240 g/mol. The van der Waals surface area contributed by atoms with Gasteiger partial charge >= 0.3 is 0 Å². The first kappa shape index (κ1) is 13.9. The van der Waals surface area contributed by atoms with Crippen LogP contribution >= 0.6 is 0 Å². The maximum absolute atomic E-state index is 12.0. The van der Waals surface area contributed by atoms with Crippen molar-refractivity contribution in [3.05, 3.63) is 24.3 Å². The summed E-state index contributed by atoms with van der Waals surface area (Å²) in [5.74, 6) is 1.23. The van der Waals surface area contributed by atoms with Gasteiger partial charge in [0.1, 0.15) is 5.75 Å². The van der Waals surface area contributed by atoms with Crippen LogP contribution in [-0.2, 0) is 4.79 Å². The summed E-state index contributed by atoms with van der Waals surface area (Å²) in [5.41, 5.74) is 6.55. The number of nitrogens with zero attached hydrogens (tertiary/aromatic N) is 1. The van der Waals surface area contributed by atoms with Gasteiger partial charge in [0.05, 0.1) is 6.10 Å². The summed E-state index contributed by atoms with van der Waals surface area (Å²) in [5, 5.41) is 0. The van der Waals surface area contributed by atoms with E-state index in [-0.39, 0.29) is 17.9 Å². The van der Waals surface area contributed by atoms with E-state index in [1.165, 1.54) is 0 Å². The number of amides is 1. The highest BCUT2D eigenvalue weighted by Crippen LogP contribution is 2.28. The van der Waals surface area contributed by atoms with Gasteiger partial charge in [-0.3, -0.25) is 4.79 Å². The second-order valence-corrected chi connectivity index (χ2v) is 5.14. The summed E-state index contributed by atoms with van der Waals surface area (Å²) in [7, 11) is 0. The molecule has 0 bridgehead atoms. The van der Waals surface area contributed by atoms with Crippen molar-refractivity contribution >= 4 is 11.6 Å². The number of ether oxygens (including phenoxy) is 1. The molecule has 0 saturated carbocycles. The Balaban J connectivity index is 2.12. The summed E-state index contributed by atoms with van der Waals surface area (Å²) in [6, 6.07) is 7.73. The van der Waals surface area contributed by atoms with Crippen molar-refractivity contribution in [2.24, 2.45) is 11.7 Å². The topological polar surface area (TPSA) is 55.6 Å². The molecule has 0 spiro atoms. The van der Waals surface area contributed by atoms with Crippen molar-refractivity contribution in [3.63, 3.8) is 0 Å². The van der Waals surface area contributed by atoms with Crippen LogP contribution in [0, 0.1) is 5.92 Å². The highest BCUT2D eigenvalue weighted by atomic mass is 16.5. The number of benzene rings is 1. The molecule has 0 aliphatic carbocycles. The molecule has 1 saturated heterocycles. The highest BCUT2D eigenvalue weighted by Gasteiger charge is 2.29. The largest absolute Gasteiger partial charge is 0.491 e. The van der Waals surface area contributed by atoms with Gasteiger partial charge in [-0.1, -0.05) is 13.0 Å². The van der Waals surface area contributed by atoms with Crippen LogP contribution in [-0.4, -0.2) is 25.1 Å². The summed E-state index contributed by atoms with van der Waals surface area (Å²) in [4.78, 5) is 13.8. The first-order valence-corrected chi connectivity index (χ1v) is 6.91. The molecule has 1 aromatic rings. The minimum absolute atomic E-state index is 0.149. The van der Waals surface area contributed by atoms with E-state index >= 15 is 0 Å². The number of nitrogens with two attached hydrogens (primary N) is 1. The number of carbonyl (C=O) groups is 1. The lowest BCUT2D eigenvalue weighted by atomic mass is 10.1. The van der Waals surface area contributed by atoms with Crippen molar-refractivity contribution in [3.8, 4) is 5.75 Å². The van der Waals surface area contributed by atoms with Crippen molar-refractivity contribution < 1.29 is 9.53 Å². The summed E-state index contributed by atoms with van der Waals surface area (Å²) in [6.07, 6.45) is 1.69. The minimum atomic E-state index is 0.149. The lowest BCUT2D eigenvalue weighted by Gasteiger charge is -2.19. The highest BCUT2D eigenvalue weighted by molar-refractivity contribution is 5.95. The quantitative estimate of drug-likeness (QED) is 0.885. The van der Waals surface area contributed by atoms with Gasteiger partial charge in [0.2, 0.25) is 5.91 Å². The van der Waals surface area contributed by atoms with Gasteiger partial charge in [-0.25, -0.2) is 0 Å². The molecule has 2 atom stereocenters.